The third-order valence-corrected chi connectivity index (χ3v) is 6.68. The number of hydrogen-bond acceptors (Lipinski definition) is 6. The van der Waals surface area contributed by atoms with E-state index in [-0.39, 0.29) is 17.9 Å². The van der Waals surface area contributed by atoms with Gasteiger partial charge in [-0.1, -0.05) is 18.2 Å². The van der Waals surface area contributed by atoms with E-state index in [1.807, 2.05) is 48.5 Å². The fraction of sp³-hybridized carbons (Fsp3) is 0.250. The summed E-state index contributed by atoms with van der Waals surface area (Å²) in [4.78, 5) is 32.7. The summed E-state index contributed by atoms with van der Waals surface area (Å²) < 4.78 is 16.4. The van der Waals surface area contributed by atoms with Gasteiger partial charge in [-0.2, -0.15) is 0 Å². The van der Waals surface area contributed by atoms with Gasteiger partial charge in [0.1, 0.15) is 19.5 Å². The summed E-state index contributed by atoms with van der Waals surface area (Å²) in [5.41, 5.74) is 3.41. The summed E-state index contributed by atoms with van der Waals surface area (Å²) in [6.07, 6.45) is 4.34. The average Bonchev–Trinajstić information content (AvgIpc) is 3.47. The number of carbonyl (C=O) groups is 2. The van der Waals surface area contributed by atoms with Crippen molar-refractivity contribution >= 4 is 22.7 Å². The molecule has 4 aromatic rings. The molecule has 1 N–H and O–H groups in total. The maximum atomic E-state index is 13.5. The van der Waals surface area contributed by atoms with E-state index >= 15 is 0 Å². The van der Waals surface area contributed by atoms with E-state index in [4.69, 9.17) is 18.9 Å². The maximum absolute atomic E-state index is 13.5. The molecule has 182 valence electrons. The van der Waals surface area contributed by atoms with E-state index in [9.17, 15) is 9.59 Å². The molecule has 0 spiro atoms. The number of nitrogens with one attached hydrogen (secondary N) is 1. The number of carbonyl (C=O) groups excluding carboxylic acids is 2. The predicted molar refractivity (Wildman–Crippen MR) is 133 cm³/mol. The van der Waals surface area contributed by atoms with Crippen molar-refractivity contribution in [1.82, 2.24) is 15.2 Å². The van der Waals surface area contributed by atoms with E-state index in [1.165, 1.54) is 12.5 Å². The Morgan fingerprint density at radius 2 is 1.75 bits per heavy atom. The van der Waals surface area contributed by atoms with E-state index in [2.05, 4.69) is 5.32 Å². The summed E-state index contributed by atoms with van der Waals surface area (Å²) in [5, 5.41) is 3.98. The molecule has 0 aliphatic carbocycles. The number of amides is 2. The van der Waals surface area contributed by atoms with Crippen LogP contribution in [0.25, 0.3) is 22.2 Å². The first-order valence-electron chi connectivity index (χ1n) is 12.1. The first-order chi connectivity index (χ1) is 17.7. The monoisotopic (exact) mass is 483 g/mol. The normalized spacial score (nSPS) is 15.6. The Labute approximate surface area is 207 Å². The van der Waals surface area contributed by atoms with Crippen LogP contribution in [0.5, 0.6) is 11.5 Å². The molecule has 1 saturated heterocycles. The highest BCUT2D eigenvalue weighted by molar-refractivity contribution is 6.07. The molecule has 2 aromatic carbocycles. The number of aromatic nitrogens is 1. The highest BCUT2D eigenvalue weighted by Gasteiger charge is 2.26. The molecule has 2 aromatic heterocycles. The van der Waals surface area contributed by atoms with Crippen LogP contribution in [0.3, 0.4) is 0 Å². The number of likely N-dealkylation sites (tertiary alicyclic amines) is 1. The summed E-state index contributed by atoms with van der Waals surface area (Å²) in [7, 11) is 0. The van der Waals surface area contributed by atoms with E-state index in [0.717, 1.165) is 16.5 Å². The molecule has 0 bridgehead atoms. The number of rotatable bonds is 4. The molecule has 2 aliphatic heterocycles. The van der Waals surface area contributed by atoms with Crippen molar-refractivity contribution < 1.29 is 23.5 Å². The second-order valence-corrected chi connectivity index (χ2v) is 8.98. The number of pyridine rings is 1. The highest BCUT2D eigenvalue weighted by Crippen LogP contribution is 2.35. The number of piperidine rings is 1. The smallest absolute Gasteiger partial charge is 0.257 e. The highest BCUT2D eigenvalue weighted by atomic mass is 16.6. The lowest BCUT2D eigenvalue weighted by Crippen LogP contribution is -2.46. The third-order valence-electron chi connectivity index (χ3n) is 6.68. The fourth-order valence-corrected chi connectivity index (χ4v) is 4.77. The van der Waals surface area contributed by atoms with Crippen LogP contribution in [0.4, 0.5) is 0 Å². The van der Waals surface area contributed by atoms with Crippen LogP contribution >= 0.6 is 0 Å². The number of nitrogens with zero attached hydrogens (tertiary/aromatic N) is 2. The molecule has 4 heterocycles. The van der Waals surface area contributed by atoms with Gasteiger partial charge in [0, 0.05) is 30.1 Å². The number of hydrogen-bond donors (Lipinski definition) is 1. The van der Waals surface area contributed by atoms with Gasteiger partial charge in [-0.15, -0.1) is 0 Å². The molecule has 6 rings (SSSR count). The number of fused-ring (bicyclic) bond motifs is 2. The minimum atomic E-state index is -0.146. The minimum absolute atomic E-state index is 0.0180. The molecular formula is C28H25N3O5. The SMILES string of the molecule is O=C(NC1CCN(C(=O)c2ccoc2)CC1)c1cc(-c2ccc3c(c2)OCCO3)nc2ccccc12. The Bertz CT molecular complexity index is 1420. The Hall–Kier alpha value is -4.33. The van der Waals surface area contributed by atoms with Gasteiger partial charge in [-0.25, -0.2) is 4.98 Å². The zero-order chi connectivity index (χ0) is 24.5. The van der Waals surface area contributed by atoms with Crippen molar-refractivity contribution in [2.45, 2.75) is 18.9 Å². The first-order valence-corrected chi connectivity index (χ1v) is 12.1. The third kappa shape index (κ3) is 4.26. The second-order valence-electron chi connectivity index (χ2n) is 8.98. The molecule has 8 nitrogen and oxygen atoms in total. The van der Waals surface area contributed by atoms with Crippen LogP contribution in [0.15, 0.2) is 71.5 Å². The van der Waals surface area contributed by atoms with Gasteiger partial charge >= 0.3 is 0 Å². The van der Waals surface area contributed by atoms with Crippen molar-refractivity contribution in [3.8, 4) is 22.8 Å². The Kier molecular flexibility index (Phi) is 5.77. The van der Waals surface area contributed by atoms with Crippen molar-refractivity contribution in [1.29, 1.82) is 0 Å². The van der Waals surface area contributed by atoms with Crippen LogP contribution in [-0.2, 0) is 0 Å². The van der Waals surface area contributed by atoms with Gasteiger partial charge in [0.25, 0.3) is 11.8 Å². The van der Waals surface area contributed by atoms with Crippen molar-refractivity contribution in [3.05, 3.63) is 78.3 Å². The van der Waals surface area contributed by atoms with Crippen LogP contribution in [0.2, 0.25) is 0 Å². The lowest BCUT2D eigenvalue weighted by Gasteiger charge is -2.32. The van der Waals surface area contributed by atoms with Crippen molar-refractivity contribution in [2.24, 2.45) is 0 Å². The molecule has 1 fully saturated rings. The van der Waals surface area contributed by atoms with Gasteiger partial charge in [0.05, 0.1) is 28.6 Å². The molecule has 0 atom stereocenters. The molecule has 36 heavy (non-hydrogen) atoms. The number of furan rings is 1. The Balaban J connectivity index is 1.22. The molecule has 0 saturated carbocycles. The van der Waals surface area contributed by atoms with Gasteiger partial charge < -0.3 is 24.1 Å². The number of para-hydroxylation sites is 1. The molecular weight excluding hydrogens is 458 g/mol. The van der Waals surface area contributed by atoms with Gasteiger partial charge in [-0.3, -0.25) is 9.59 Å². The summed E-state index contributed by atoms with van der Waals surface area (Å²) >= 11 is 0. The van der Waals surface area contributed by atoms with Crippen LogP contribution in [0.1, 0.15) is 33.6 Å². The molecule has 0 unspecified atom stereocenters. The van der Waals surface area contributed by atoms with Gasteiger partial charge in [-0.05, 0) is 49.2 Å². The Morgan fingerprint density at radius 1 is 0.944 bits per heavy atom. The summed E-state index contributed by atoms with van der Waals surface area (Å²) in [6.45, 7) is 2.19. The maximum Gasteiger partial charge on any atom is 0.257 e. The van der Waals surface area contributed by atoms with Crippen LogP contribution in [0, 0.1) is 0 Å². The Morgan fingerprint density at radius 3 is 2.56 bits per heavy atom. The second kappa shape index (κ2) is 9.37. The predicted octanol–water partition coefficient (Wildman–Crippen LogP) is 4.30. The number of benzene rings is 2. The van der Waals surface area contributed by atoms with Crippen molar-refractivity contribution in [3.63, 3.8) is 0 Å². The summed E-state index contributed by atoms with van der Waals surface area (Å²) in [6, 6.07) is 16.8. The molecule has 0 radical (unpaired) electrons. The lowest BCUT2D eigenvalue weighted by atomic mass is 10.0. The quantitative estimate of drug-likeness (QED) is 0.465. The van der Waals surface area contributed by atoms with Gasteiger partial charge in [0.2, 0.25) is 0 Å². The average molecular weight is 484 g/mol. The van der Waals surface area contributed by atoms with Gasteiger partial charge in [0.15, 0.2) is 11.5 Å². The van der Waals surface area contributed by atoms with E-state index < -0.39 is 0 Å². The fourth-order valence-electron chi connectivity index (χ4n) is 4.77. The lowest BCUT2D eigenvalue weighted by molar-refractivity contribution is 0.0697. The van der Waals surface area contributed by atoms with E-state index in [1.54, 1.807) is 11.0 Å². The molecule has 8 heteroatoms. The number of ether oxygens (including phenoxy) is 2. The van der Waals surface area contributed by atoms with Crippen molar-refractivity contribution in [2.75, 3.05) is 26.3 Å². The van der Waals surface area contributed by atoms with Crippen LogP contribution < -0.4 is 14.8 Å². The zero-order valence-corrected chi connectivity index (χ0v) is 19.6. The minimum Gasteiger partial charge on any atom is -0.486 e. The molecule has 2 amide bonds. The largest absolute Gasteiger partial charge is 0.486 e. The van der Waals surface area contributed by atoms with E-state index in [0.29, 0.717) is 67.5 Å². The topological polar surface area (TPSA) is 93.9 Å². The standard InChI is InChI=1S/C28H25N3O5/c32-27(29-20-7-10-31(11-8-20)28(33)19-9-12-34-17-19)22-16-24(30-23-4-2-1-3-21(22)23)18-5-6-25-26(15-18)36-14-13-35-25/h1-6,9,12,15-17,20H,7-8,10-11,13-14H2,(H,29,32). The first kappa shape index (κ1) is 22.2. The van der Waals surface area contributed by atoms with Crippen LogP contribution in [-0.4, -0.2) is 54.0 Å². The zero-order valence-electron chi connectivity index (χ0n) is 19.6. The molecule has 2 aliphatic rings. The summed E-state index contributed by atoms with van der Waals surface area (Å²) in [5.74, 6) is 1.20.